The van der Waals surface area contributed by atoms with Crippen LogP contribution in [-0.4, -0.2) is 29.2 Å². The molecule has 1 rings (SSSR count). The Morgan fingerprint density at radius 2 is 2.31 bits per heavy atom. The monoisotopic (exact) mass is 186 g/mol. The van der Waals surface area contributed by atoms with Crippen molar-refractivity contribution in [2.75, 3.05) is 0 Å². The van der Waals surface area contributed by atoms with Crippen molar-refractivity contribution in [3.8, 4) is 0 Å². The number of hydrogen-bond donors (Lipinski definition) is 3. The highest BCUT2D eigenvalue weighted by atomic mass is 16.3. The summed E-state index contributed by atoms with van der Waals surface area (Å²) in [6, 6.07) is 0.272. The number of carbonyl (C=O) groups excluding carboxylic acids is 1. The number of aliphatic hydroxyl groups excluding tert-OH is 1. The quantitative estimate of drug-likeness (QED) is 0.567. The van der Waals surface area contributed by atoms with Crippen molar-refractivity contribution in [3.63, 3.8) is 0 Å². The van der Waals surface area contributed by atoms with Gasteiger partial charge in [0.05, 0.1) is 6.10 Å². The molecule has 1 saturated carbocycles. The summed E-state index contributed by atoms with van der Waals surface area (Å²) < 4.78 is 0. The Hall–Kier alpha value is -0.610. The van der Waals surface area contributed by atoms with E-state index in [0.29, 0.717) is 19.3 Å². The molecule has 0 aromatic rings. The van der Waals surface area contributed by atoms with E-state index >= 15 is 0 Å². The van der Waals surface area contributed by atoms with Crippen LogP contribution in [0.1, 0.15) is 32.6 Å². The number of aliphatic hydroxyl groups is 1. The van der Waals surface area contributed by atoms with Gasteiger partial charge < -0.3 is 16.2 Å². The molecule has 4 nitrogen and oxygen atoms in total. The van der Waals surface area contributed by atoms with Gasteiger partial charge in [-0.2, -0.15) is 0 Å². The maximum absolute atomic E-state index is 11.2. The van der Waals surface area contributed by atoms with Crippen LogP contribution in [0.25, 0.3) is 0 Å². The number of carbonyl (C=O) groups is 1. The van der Waals surface area contributed by atoms with E-state index in [1.54, 1.807) is 0 Å². The first-order chi connectivity index (χ1) is 6.08. The van der Waals surface area contributed by atoms with Gasteiger partial charge >= 0.3 is 0 Å². The summed E-state index contributed by atoms with van der Waals surface area (Å²) in [7, 11) is 0. The minimum absolute atomic E-state index is 0.0502. The summed E-state index contributed by atoms with van der Waals surface area (Å²) in [5.41, 5.74) is 5.52. The van der Waals surface area contributed by atoms with Gasteiger partial charge in [-0.15, -0.1) is 0 Å². The molecule has 0 aromatic heterocycles. The van der Waals surface area contributed by atoms with Crippen molar-refractivity contribution in [2.24, 2.45) is 5.73 Å². The summed E-state index contributed by atoms with van der Waals surface area (Å²) >= 11 is 0. The lowest BCUT2D eigenvalue weighted by atomic mass is 9.89. The molecule has 0 aliphatic heterocycles. The molecule has 1 atom stereocenters. The first-order valence-corrected chi connectivity index (χ1v) is 4.81. The number of nitrogens with one attached hydrogen (secondary N) is 1. The van der Waals surface area contributed by atoms with Crippen molar-refractivity contribution in [1.82, 2.24) is 5.32 Å². The number of rotatable bonds is 4. The zero-order valence-corrected chi connectivity index (χ0v) is 7.99. The molecule has 1 aliphatic carbocycles. The third-order valence-electron chi connectivity index (χ3n) is 2.31. The summed E-state index contributed by atoms with van der Waals surface area (Å²) in [6.07, 6.45) is 2.40. The lowest BCUT2D eigenvalue weighted by Crippen LogP contribution is -2.46. The molecule has 0 saturated heterocycles. The number of nitrogens with two attached hydrogens (primary N) is 1. The van der Waals surface area contributed by atoms with Gasteiger partial charge in [-0.05, 0) is 26.2 Å². The van der Waals surface area contributed by atoms with E-state index < -0.39 is 0 Å². The molecule has 4 N–H and O–H groups in total. The molecule has 0 spiro atoms. The van der Waals surface area contributed by atoms with Gasteiger partial charge in [0, 0.05) is 18.5 Å². The second-order valence-electron chi connectivity index (χ2n) is 3.91. The molecule has 1 aliphatic rings. The standard InChI is InChI=1S/C9H18N2O2/c1-6(10)2-3-9(13)11-7-4-8(12)5-7/h6-8,12H,2-5,10H2,1H3,(H,11,13). The maximum atomic E-state index is 11.2. The van der Waals surface area contributed by atoms with Crippen LogP contribution >= 0.6 is 0 Å². The molecule has 0 heterocycles. The number of amides is 1. The average molecular weight is 186 g/mol. The van der Waals surface area contributed by atoms with Gasteiger partial charge in [-0.25, -0.2) is 0 Å². The van der Waals surface area contributed by atoms with E-state index in [-0.39, 0.29) is 24.1 Å². The third kappa shape index (κ3) is 3.74. The summed E-state index contributed by atoms with van der Waals surface area (Å²) in [4.78, 5) is 11.2. The summed E-state index contributed by atoms with van der Waals surface area (Å²) in [5, 5.41) is 11.8. The maximum Gasteiger partial charge on any atom is 0.220 e. The molecule has 0 radical (unpaired) electrons. The molecule has 4 heteroatoms. The van der Waals surface area contributed by atoms with Crippen LogP contribution in [-0.2, 0) is 4.79 Å². The minimum atomic E-state index is -0.210. The fourth-order valence-corrected chi connectivity index (χ4v) is 1.36. The first-order valence-electron chi connectivity index (χ1n) is 4.81. The van der Waals surface area contributed by atoms with Gasteiger partial charge in [-0.1, -0.05) is 0 Å². The van der Waals surface area contributed by atoms with Crippen molar-refractivity contribution in [1.29, 1.82) is 0 Å². The van der Waals surface area contributed by atoms with E-state index in [9.17, 15) is 4.79 Å². The SMILES string of the molecule is CC(N)CCC(=O)NC1CC(O)C1. The van der Waals surface area contributed by atoms with E-state index in [4.69, 9.17) is 10.8 Å². The molecular formula is C9H18N2O2. The van der Waals surface area contributed by atoms with E-state index in [1.807, 2.05) is 6.92 Å². The molecule has 76 valence electrons. The summed E-state index contributed by atoms with van der Waals surface area (Å²) in [6.45, 7) is 1.89. The lowest BCUT2D eigenvalue weighted by molar-refractivity contribution is -0.123. The van der Waals surface area contributed by atoms with Crippen LogP contribution in [0.3, 0.4) is 0 Å². The highest BCUT2D eigenvalue weighted by Gasteiger charge is 2.27. The van der Waals surface area contributed by atoms with Gasteiger partial charge in [0.2, 0.25) is 5.91 Å². The third-order valence-corrected chi connectivity index (χ3v) is 2.31. The van der Waals surface area contributed by atoms with Crippen molar-refractivity contribution in [3.05, 3.63) is 0 Å². The van der Waals surface area contributed by atoms with Crippen LogP contribution in [0, 0.1) is 0 Å². The fraction of sp³-hybridized carbons (Fsp3) is 0.889. The predicted octanol–water partition coefficient (Wildman–Crippen LogP) is -0.247. The topological polar surface area (TPSA) is 75.4 Å². The zero-order chi connectivity index (χ0) is 9.84. The van der Waals surface area contributed by atoms with Crippen molar-refractivity contribution < 1.29 is 9.90 Å². The van der Waals surface area contributed by atoms with Crippen molar-refractivity contribution >= 4 is 5.91 Å². The molecule has 0 bridgehead atoms. The second kappa shape index (κ2) is 4.58. The molecule has 1 amide bonds. The predicted molar refractivity (Wildman–Crippen MR) is 50.1 cm³/mol. The van der Waals surface area contributed by atoms with Crippen molar-refractivity contribution in [2.45, 2.75) is 50.8 Å². The lowest BCUT2D eigenvalue weighted by Gasteiger charge is -2.32. The van der Waals surface area contributed by atoms with E-state index in [0.717, 1.165) is 6.42 Å². The zero-order valence-electron chi connectivity index (χ0n) is 7.99. The minimum Gasteiger partial charge on any atom is -0.393 e. The van der Waals surface area contributed by atoms with Crippen LogP contribution in [0.4, 0.5) is 0 Å². The Labute approximate surface area is 78.5 Å². The van der Waals surface area contributed by atoms with Gasteiger partial charge in [0.25, 0.3) is 0 Å². The Bertz CT molecular complexity index is 176. The summed E-state index contributed by atoms with van der Waals surface area (Å²) in [5.74, 6) is 0.0502. The van der Waals surface area contributed by atoms with Crippen LogP contribution < -0.4 is 11.1 Å². The fourth-order valence-electron chi connectivity index (χ4n) is 1.36. The second-order valence-corrected chi connectivity index (χ2v) is 3.91. The Morgan fingerprint density at radius 3 is 2.77 bits per heavy atom. The molecule has 1 fully saturated rings. The van der Waals surface area contributed by atoms with E-state index in [1.165, 1.54) is 0 Å². The number of hydrogen-bond acceptors (Lipinski definition) is 3. The smallest absolute Gasteiger partial charge is 0.220 e. The Kier molecular flexibility index (Phi) is 3.69. The first kappa shape index (κ1) is 10.5. The largest absolute Gasteiger partial charge is 0.393 e. The molecule has 0 aromatic carbocycles. The van der Waals surface area contributed by atoms with Crippen LogP contribution in [0.2, 0.25) is 0 Å². The van der Waals surface area contributed by atoms with E-state index in [2.05, 4.69) is 5.32 Å². The van der Waals surface area contributed by atoms with Crippen LogP contribution in [0.15, 0.2) is 0 Å². The van der Waals surface area contributed by atoms with Gasteiger partial charge in [0.1, 0.15) is 0 Å². The Morgan fingerprint density at radius 1 is 1.69 bits per heavy atom. The molecular weight excluding hydrogens is 168 g/mol. The highest BCUT2D eigenvalue weighted by Crippen LogP contribution is 2.19. The van der Waals surface area contributed by atoms with Gasteiger partial charge in [0.15, 0.2) is 0 Å². The van der Waals surface area contributed by atoms with Gasteiger partial charge in [-0.3, -0.25) is 4.79 Å². The Balaban J connectivity index is 2.05. The molecule has 13 heavy (non-hydrogen) atoms. The highest BCUT2D eigenvalue weighted by molar-refractivity contribution is 5.76. The normalized spacial score (nSPS) is 29.2. The van der Waals surface area contributed by atoms with Crippen LogP contribution in [0.5, 0.6) is 0 Å². The molecule has 1 unspecified atom stereocenters. The average Bonchev–Trinajstić information content (AvgIpc) is 1.98.